The lowest BCUT2D eigenvalue weighted by Gasteiger charge is -2.32. The highest BCUT2D eigenvalue weighted by Gasteiger charge is 2.21. The number of nitrogens with zero attached hydrogens (tertiary/aromatic N) is 3. The third-order valence-electron chi connectivity index (χ3n) is 4.29. The van der Waals surface area contributed by atoms with Crippen LogP contribution < -0.4 is 15.4 Å². The van der Waals surface area contributed by atoms with Gasteiger partial charge in [0, 0.05) is 6.07 Å². The molecule has 1 aliphatic rings. The van der Waals surface area contributed by atoms with Crippen molar-refractivity contribution in [2.24, 2.45) is 0 Å². The summed E-state index contributed by atoms with van der Waals surface area (Å²) in [6.45, 7) is 4.38. The van der Waals surface area contributed by atoms with Gasteiger partial charge >= 0.3 is 0 Å². The summed E-state index contributed by atoms with van der Waals surface area (Å²) >= 11 is 0. The molecule has 0 aliphatic carbocycles. The minimum Gasteiger partial charge on any atom is -0.490 e. The van der Waals surface area contributed by atoms with E-state index >= 15 is 0 Å². The summed E-state index contributed by atoms with van der Waals surface area (Å²) in [6, 6.07) is 18.2. The molecule has 0 amide bonds. The quantitative estimate of drug-likeness (QED) is 0.805. The number of aromatic nitrogens is 2. The summed E-state index contributed by atoms with van der Waals surface area (Å²) in [4.78, 5) is 2.34. The van der Waals surface area contributed by atoms with Gasteiger partial charge in [0.1, 0.15) is 18.2 Å². The van der Waals surface area contributed by atoms with Crippen molar-refractivity contribution < 1.29 is 4.74 Å². The summed E-state index contributed by atoms with van der Waals surface area (Å²) in [5.74, 6) is 1.48. The van der Waals surface area contributed by atoms with Crippen molar-refractivity contribution in [1.29, 1.82) is 0 Å². The second kappa shape index (κ2) is 5.92. The summed E-state index contributed by atoms with van der Waals surface area (Å²) in [5.41, 5.74) is 10.4. The van der Waals surface area contributed by atoms with Crippen LogP contribution in [-0.4, -0.2) is 22.9 Å². The molecule has 2 aromatic carbocycles. The molecule has 2 N–H and O–H groups in total. The van der Waals surface area contributed by atoms with Gasteiger partial charge in [-0.25, -0.2) is 4.68 Å². The Morgan fingerprint density at radius 1 is 1.12 bits per heavy atom. The van der Waals surface area contributed by atoms with Gasteiger partial charge in [-0.15, -0.1) is 0 Å². The second-order valence-corrected chi connectivity index (χ2v) is 6.00. The Morgan fingerprint density at radius 3 is 2.79 bits per heavy atom. The van der Waals surface area contributed by atoms with Crippen LogP contribution in [0, 0.1) is 6.92 Å². The zero-order valence-corrected chi connectivity index (χ0v) is 13.6. The Kier molecular flexibility index (Phi) is 3.61. The molecule has 1 aliphatic heterocycles. The number of para-hydroxylation sites is 2. The van der Waals surface area contributed by atoms with E-state index in [2.05, 4.69) is 23.0 Å². The standard InChI is InChI=1S/C19H20N4O/c1-14-6-5-9-17-19(14)22(10-11-24-17)13-16-12-18(20)21-23(16)15-7-3-2-4-8-15/h2-9,12H,10-11,13H2,1H3,(H2,20,21). The number of hydrogen-bond donors (Lipinski definition) is 1. The predicted molar refractivity (Wildman–Crippen MR) is 95.7 cm³/mol. The van der Waals surface area contributed by atoms with E-state index in [1.807, 2.05) is 53.2 Å². The molecule has 24 heavy (non-hydrogen) atoms. The molecule has 5 heteroatoms. The number of nitrogens with two attached hydrogens (primary N) is 1. The van der Waals surface area contributed by atoms with Crippen LogP contribution in [-0.2, 0) is 6.54 Å². The van der Waals surface area contributed by atoms with E-state index in [1.54, 1.807) is 0 Å². The van der Waals surface area contributed by atoms with E-state index < -0.39 is 0 Å². The molecule has 0 bridgehead atoms. The monoisotopic (exact) mass is 320 g/mol. The number of aryl methyl sites for hydroxylation is 1. The molecule has 0 spiro atoms. The van der Waals surface area contributed by atoms with Crippen LogP contribution in [0.3, 0.4) is 0 Å². The van der Waals surface area contributed by atoms with Crippen LogP contribution in [0.1, 0.15) is 11.3 Å². The molecule has 1 aromatic heterocycles. The molecule has 0 radical (unpaired) electrons. The Labute approximate surface area is 141 Å². The van der Waals surface area contributed by atoms with Gasteiger partial charge in [-0.3, -0.25) is 0 Å². The summed E-state index contributed by atoms with van der Waals surface area (Å²) in [7, 11) is 0. The van der Waals surface area contributed by atoms with Crippen molar-refractivity contribution in [2.75, 3.05) is 23.8 Å². The summed E-state index contributed by atoms with van der Waals surface area (Å²) < 4.78 is 7.72. The molecule has 4 rings (SSSR count). The van der Waals surface area contributed by atoms with Crippen LogP contribution in [0.5, 0.6) is 5.75 Å². The van der Waals surface area contributed by atoms with Gasteiger partial charge in [-0.2, -0.15) is 5.10 Å². The zero-order chi connectivity index (χ0) is 16.5. The van der Waals surface area contributed by atoms with Crippen LogP contribution in [0.25, 0.3) is 5.69 Å². The predicted octanol–water partition coefficient (Wildman–Crippen LogP) is 3.16. The first-order valence-electron chi connectivity index (χ1n) is 8.09. The highest BCUT2D eigenvalue weighted by Crippen LogP contribution is 2.35. The number of fused-ring (bicyclic) bond motifs is 1. The number of anilines is 2. The molecule has 3 aromatic rings. The number of hydrogen-bond acceptors (Lipinski definition) is 4. The first-order valence-corrected chi connectivity index (χ1v) is 8.09. The normalized spacial score (nSPS) is 13.5. The van der Waals surface area contributed by atoms with Crippen molar-refractivity contribution in [3.05, 3.63) is 65.9 Å². The van der Waals surface area contributed by atoms with E-state index in [1.165, 1.54) is 5.56 Å². The molecule has 0 unspecified atom stereocenters. The topological polar surface area (TPSA) is 56.3 Å². The molecule has 0 atom stereocenters. The minimum atomic E-state index is 0.534. The Balaban J connectivity index is 1.71. The van der Waals surface area contributed by atoms with Gasteiger partial charge in [-0.05, 0) is 30.7 Å². The maximum atomic E-state index is 5.97. The van der Waals surface area contributed by atoms with Crippen molar-refractivity contribution in [1.82, 2.24) is 9.78 Å². The van der Waals surface area contributed by atoms with E-state index in [9.17, 15) is 0 Å². The second-order valence-electron chi connectivity index (χ2n) is 6.00. The fourth-order valence-electron chi connectivity index (χ4n) is 3.23. The largest absolute Gasteiger partial charge is 0.490 e. The minimum absolute atomic E-state index is 0.534. The first kappa shape index (κ1) is 14.6. The van der Waals surface area contributed by atoms with E-state index in [4.69, 9.17) is 10.5 Å². The van der Waals surface area contributed by atoms with E-state index in [0.29, 0.717) is 12.4 Å². The van der Waals surface area contributed by atoms with Gasteiger partial charge in [0.25, 0.3) is 0 Å². The lowest BCUT2D eigenvalue weighted by Crippen LogP contribution is -2.33. The number of nitrogen functional groups attached to an aromatic ring is 1. The third-order valence-corrected chi connectivity index (χ3v) is 4.29. The molecule has 2 heterocycles. The number of rotatable bonds is 3. The van der Waals surface area contributed by atoms with Crippen LogP contribution in [0.15, 0.2) is 54.6 Å². The molecule has 0 fully saturated rings. The molecule has 122 valence electrons. The Hall–Kier alpha value is -2.95. The zero-order valence-electron chi connectivity index (χ0n) is 13.6. The first-order chi connectivity index (χ1) is 11.7. The lowest BCUT2D eigenvalue weighted by atomic mass is 10.1. The molecule has 0 saturated carbocycles. The van der Waals surface area contributed by atoms with E-state index in [0.717, 1.165) is 35.9 Å². The van der Waals surface area contributed by atoms with Gasteiger partial charge in [0.05, 0.1) is 30.2 Å². The van der Waals surface area contributed by atoms with Crippen molar-refractivity contribution in [3.8, 4) is 11.4 Å². The molecule has 5 nitrogen and oxygen atoms in total. The van der Waals surface area contributed by atoms with Gasteiger partial charge in [0.15, 0.2) is 0 Å². The smallest absolute Gasteiger partial charge is 0.146 e. The lowest BCUT2D eigenvalue weighted by molar-refractivity contribution is 0.306. The fourth-order valence-corrected chi connectivity index (χ4v) is 3.23. The van der Waals surface area contributed by atoms with Crippen LogP contribution >= 0.6 is 0 Å². The van der Waals surface area contributed by atoms with E-state index in [-0.39, 0.29) is 0 Å². The fraction of sp³-hybridized carbons (Fsp3) is 0.211. The molecule has 0 saturated heterocycles. The van der Waals surface area contributed by atoms with Gasteiger partial charge in [-0.1, -0.05) is 30.3 Å². The maximum absolute atomic E-state index is 5.97. The summed E-state index contributed by atoms with van der Waals surface area (Å²) in [6.07, 6.45) is 0. The van der Waals surface area contributed by atoms with Crippen molar-refractivity contribution in [2.45, 2.75) is 13.5 Å². The Morgan fingerprint density at radius 2 is 1.96 bits per heavy atom. The number of benzene rings is 2. The summed E-state index contributed by atoms with van der Waals surface area (Å²) in [5, 5.41) is 4.46. The van der Waals surface area contributed by atoms with Crippen LogP contribution in [0.4, 0.5) is 11.5 Å². The van der Waals surface area contributed by atoms with Crippen LogP contribution in [0.2, 0.25) is 0 Å². The molecular weight excluding hydrogens is 300 g/mol. The van der Waals surface area contributed by atoms with Gasteiger partial charge < -0.3 is 15.4 Å². The average Bonchev–Trinajstić information content (AvgIpc) is 2.96. The number of ether oxygens (including phenoxy) is 1. The van der Waals surface area contributed by atoms with Crippen molar-refractivity contribution in [3.63, 3.8) is 0 Å². The SMILES string of the molecule is Cc1cccc2c1N(Cc1cc(N)nn1-c1ccccc1)CCO2. The highest BCUT2D eigenvalue weighted by atomic mass is 16.5. The maximum Gasteiger partial charge on any atom is 0.146 e. The highest BCUT2D eigenvalue weighted by molar-refractivity contribution is 5.65. The van der Waals surface area contributed by atoms with Gasteiger partial charge in [0.2, 0.25) is 0 Å². The Bertz CT molecular complexity index is 857. The molecular formula is C19H20N4O. The average molecular weight is 320 g/mol. The van der Waals surface area contributed by atoms with Crippen molar-refractivity contribution >= 4 is 11.5 Å². The third kappa shape index (κ3) is 2.58.